The van der Waals surface area contributed by atoms with Gasteiger partial charge >= 0.3 is 0 Å². The molecule has 1 atom stereocenters. The Labute approximate surface area is 415 Å². The van der Waals surface area contributed by atoms with Gasteiger partial charge in [-0.25, -0.2) is 0 Å². The van der Waals surface area contributed by atoms with Crippen LogP contribution >= 0.6 is 0 Å². The Kier molecular flexibility index (Phi) is 18.5. The molecule has 0 bridgehead atoms. The number of ether oxygens (including phenoxy) is 1. The van der Waals surface area contributed by atoms with Crippen LogP contribution < -0.4 is 14.5 Å². The van der Waals surface area contributed by atoms with Gasteiger partial charge in [0.15, 0.2) is 0 Å². The number of anilines is 6. The summed E-state index contributed by atoms with van der Waals surface area (Å²) < 4.78 is 6.21. The summed E-state index contributed by atoms with van der Waals surface area (Å²) in [5, 5.41) is 0. The van der Waals surface area contributed by atoms with Gasteiger partial charge in [-0.05, 0) is 166 Å². The molecule has 354 valence electrons. The fourth-order valence-corrected chi connectivity index (χ4v) is 8.75. The van der Waals surface area contributed by atoms with E-state index in [2.05, 4.69) is 252 Å². The lowest BCUT2D eigenvalue weighted by molar-refractivity contribution is 0.233. The highest BCUT2D eigenvalue weighted by atomic mass is 16.5. The van der Waals surface area contributed by atoms with Crippen molar-refractivity contribution in [3.63, 3.8) is 0 Å². The Morgan fingerprint density at radius 3 is 1.04 bits per heavy atom. The Hall–Kier alpha value is -6.84. The second-order valence-electron chi connectivity index (χ2n) is 18.9. The van der Waals surface area contributed by atoms with Gasteiger partial charge in [0.1, 0.15) is 5.75 Å². The average molecular weight is 911 g/mol. The molecule has 8 aromatic carbocycles. The van der Waals surface area contributed by atoms with E-state index in [9.17, 15) is 0 Å². The molecule has 0 aliphatic carbocycles. The van der Waals surface area contributed by atoms with E-state index in [0.717, 1.165) is 35.8 Å². The molecule has 3 heteroatoms. The van der Waals surface area contributed by atoms with Crippen LogP contribution in [-0.2, 0) is 6.42 Å². The minimum absolute atomic E-state index is 0.617. The van der Waals surface area contributed by atoms with E-state index in [-0.39, 0.29) is 0 Å². The molecule has 69 heavy (non-hydrogen) atoms. The van der Waals surface area contributed by atoms with Crippen LogP contribution in [0.25, 0.3) is 22.3 Å². The summed E-state index contributed by atoms with van der Waals surface area (Å²) in [5.74, 6) is 1.55. The van der Waals surface area contributed by atoms with Crippen molar-refractivity contribution in [1.82, 2.24) is 0 Å². The first-order valence-corrected chi connectivity index (χ1v) is 25.6. The lowest BCUT2D eigenvalue weighted by Crippen LogP contribution is -2.12. The van der Waals surface area contributed by atoms with Crippen molar-refractivity contribution in [2.24, 2.45) is 5.92 Å². The fraction of sp³-hybridized carbons (Fsp3) is 0.273. The highest BCUT2D eigenvalue weighted by Crippen LogP contribution is 2.38. The first-order valence-electron chi connectivity index (χ1n) is 25.6. The molecule has 0 aliphatic rings. The molecule has 8 aromatic rings. The highest BCUT2D eigenvalue weighted by Gasteiger charge is 2.15. The molecule has 0 amide bonds. The first-order chi connectivity index (χ1) is 33.7. The summed E-state index contributed by atoms with van der Waals surface area (Å²) in [5.41, 5.74) is 18.4. The predicted octanol–water partition coefficient (Wildman–Crippen LogP) is 19.6. The molecule has 0 saturated heterocycles. The van der Waals surface area contributed by atoms with Crippen LogP contribution in [0.1, 0.15) is 100.0 Å². The summed E-state index contributed by atoms with van der Waals surface area (Å²) >= 11 is 0. The van der Waals surface area contributed by atoms with Crippen molar-refractivity contribution in [2.75, 3.05) is 16.4 Å². The molecule has 0 saturated carbocycles. The maximum atomic E-state index is 6.21. The van der Waals surface area contributed by atoms with Gasteiger partial charge in [-0.1, -0.05) is 191 Å². The zero-order chi connectivity index (χ0) is 48.4. The summed E-state index contributed by atoms with van der Waals surface area (Å²) in [7, 11) is 0. The van der Waals surface area contributed by atoms with Crippen LogP contribution in [0.5, 0.6) is 5.75 Å². The van der Waals surface area contributed by atoms with Crippen LogP contribution in [0.15, 0.2) is 194 Å². The topological polar surface area (TPSA) is 15.7 Å². The van der Waals surface area contributed by atoms with Crippen LogP contribution in [0.2, 0.25) is 0 Å². The predicted molar refractivity (Wildman–Crippen MR) is 299 cm³/mol. The smallest absolute Gasteiger partial charge is 0.119 e. The number of unbranched alkanes of at least 4 members (excludes halogenated alkanes) is 4. The van der Waals surface area contributed by atoms with Crippen molar-refractivity contribution in [3.05, 3.63) is 222 Å². The molecule has 1 unspecified atom stereocenters. The summed E-state index contributed by atoms with van der Waals surface area (Å²) in [4.78, 5) is 4.64. The van der Waals surface area contributed by atoms with E-state index in [4.69, 9.17) is 4.74 Å². The molecule has 0 heterocycles. The lowest BCUT2D eigenvalue weighted by Gasteiger charge is -2.26. The number of hydrogen-bond acceptors (Lipinski definition) is 3. The van der Waals surface area contributed by atoms with Crippen molar-refractivity contribution >= 4 is 34.1 Å². The summed E-state index contributed by atoms with van der Waals surface area (Å²) in [6, 6.07) is 70.3. The quantitative estimate of drug-likeness (QED) is 0.0709. The minimum atomic E-state index is 0.617. The Balaban J connectivity index is 0.000000224. The van der Waals surface area contributed by atoms with Crippen LogP contribution in [0.3, 0.4) is 0 Å². The molecule has 0 N–H and O–H groups in total. The van der Waals surface area contributed by atoms with E-state index >= 15 is 0 Å². The molecule has 0 spiro atoms. The van der Waals surface area contributed by atoms with E-state index in [1.807, 2.05) is 0 Å². The van der Waals surface area contributed by atoms with Crippen molar-refractivity contribution < 1.29 is 4.74 Å². The zero-order valence-corrected chi connectivity index (χ0v) is 42.4. The van der Waals surface area contributed by atoms with Gasteiger partial charge in [0, 0.05) is 34.1 Å². The molecule has 8 rings (SSSR count). The molecular weight excluding hydrogens is 837 g/mol. The molecular formula is C66H74N2O. The lowest BCUT2D eigenvalue weighted by atomic mass is 9.99. The standard InChI is InChI=1S/C40H43NO.C26H31N/c1-5-7-8-32(6-2)29-42-40-27-25-39(26-28-40)41(37-21-11-31(4)12-22-37)38-23-19-36(20-24-38)35-17-15-34(16-18-35)33-13-9-30(3)10-14-33;1-4-5-6-7-8-23-13-19-26(20-14-23)27(24-15-9-21(2)10-16-24)25-17-11-22(3)12-18-25/h9-28,32H,5-8,29H2,1-4H3;9-20H,4-8H2,1-3H3. The largest absolute Gasteiger partial charge is 0.493 e. The van der Waals surface area contributed by atoms with E-state index < -0.39 is 0 Å². The maximum absolute atomic E-state index is 6.21. The van der Waals surface area contributed by atoms with Gasteiger partial charge in [0.05, 0.1) is 6.61 Å². The molecule has 0 fully saturated rings. The number of aryl methyl sites for hydroxylation is 5. The van der Waals surface area contributed by atoms with Gasteiger partial charge in [-0.15, -0.1) is 0 Å². The first kappa shape index (κ1) is 50.0. The molecule has 0 aromatic heterocycles. The third-order valence-electron chi connectivity index (χ3n) is 13.2. The fourth-order valence-electron chi connectivity index (χ4n) is 8.75. The number of rotatable bonds is 20. The Morgan fingerprint density at radius 1 is 0.348 bits per heavy atom. The second kappa shape index (κ2) is 25.5. The third kappa shape index (κ3) is 14.3. The van der Waals surface area contributed by atoms with E-state index in [0.29, 0.717) is 5.92 Å². The molecule has 0 radical (unpaired) electrons. The van der Waals surface area contributed by atoms with Crippen molar-refractivity contribution in [2.45, 2.75) is 106 Å². The van der Waals surface area contributed by atoms with Gasteiger partial charge < -0.3 is 14.5 Å². The average Bonchev–Trinajstić information content (AvgIpc) is 3.39. The third-order valence-corrected chi connectivity index (χ3v) is 13.2. The van der Waals surface area contributed by atoms with Gasteiger partial charge in [0.2, 0.25) is 0 Å². The normalized spacial score (nSPS) is 11.3. The van der Waals surface area contributed by atoms with Crippen molar-refractivity contribution in [1.29, 1.82) is 0 Å². The molecule has 3 nitrogen and oxygen atoms in total. The molecule has 0 aliphatic heterocycles. The number of nitrogens with zero attached hydrogens (tertiary/aromatic N) is 2. The number of hydrogen-bond donors (Lipinski definition) is 0. The van der Waals surface area contributed by atoms with Gasteiger partial charge in [-0.2, -0.15) is 0 Å². The van der Waals surface area contributed by atoms with Crippen LogP contribution in [0.4, 0.5) is 34.1 Å². The SMILES string of the molecule is CCCCC(CC)COc1ccc(N(c2ccc(C)cc2)c2ccc(-c3ccc(-c4ccc(C)cc4)cc3)cc2)cc1.CCCCCCc1ccc(N(c2ccc(C)cc2)c2ccc(C)cc2)cc1. The highest BCUT2D eigenvalue weighted by molar-refractivity contribution is 5.80. The van der Waals surface area contributed by atoms with Crippen LogP contribution in [0, 0.1) is 33.6 Å². The zero-order valence-electron chi connectivity index (χ0n) is 42.4. The Bertz CT molecular complexity index is 2660. The van der Waals surface area contributed by atoms with Crippen molar-refractivity contribution in [3.8, 4) is 28.0 Å². The number of benzene rings is 8. The monoisotopic (exact) mass is 911 g/mol. The summed E-state index contributed by atoms with van der Waals surface area (Å²) in [6.45, 7) is 16.1. The minimum Gasteiger partial charge on any atom is -0.493 e. The Morgan fingerprint density at radius 2 is 0.667 bits per heavy atom. The summed E-state index contributed by atoms with van der Waals surface area (Å²) in [6.07, 6.45) is 11.3. The van der Waals surface area contributed by atoms with E-state index in [1.165, 1.54) is 118 Å². The second-order valence-corrected chi connectivity index (χ2v) is 18.9. The van der Waals surface area contributed by atoms with Gasteiger partial charge in [-0.3, -0.25) is 0 Å². The van der Waals surface area contributed by atoms with Crippen LogP contribution in [-0.4, -0.2) is 6.61 Å². The maximum Gasteiger partial charge on any atom is 0.119 e. The van der Waals surface area contributed by atoms with Gasteiger partial charge in [0.25, 0.3) is 0 Å². The van der Waals surface area contributed by atoms with E-state index in [1.54, 1.807) is 0 Å².